The summed E-state index contributed by atoms with van der Waals surface area (Å²) in [4.78, 5) is 12.7. The van der Waals surface area contributed by atoms with Gasteiger partial charge in [-0.25, -0.2) is 8.78 Å². The van der Waals surface area contributed by atoms with Gasteiger partial charge in [0.1, 0.15) is 11.6 Å². The average molecular weight is 243 g/mol. The van der Waals surface area contributed by atoms with Crippen molar-refractivity contribution in [2.24, 2.45) is 0 Å². The molecule has 0 heterocycles. The molecule has 3 nitrogen and oxygen atoms in total. The summed E-state index contributed by atoms with van der Waals surface area (Å²) in [5.41, 5.74) is 0.402. The molecule has 0 saturated carbocycles. The summed E-state index contributed by atoms with van der Waals surface area (Å²) in [6.07, 6.45) is 0.246. The number of esters is 1. The molecule has 0 bridgehead atoms. The van der Waals surface area contributed by atoms with Crippen LogP contribution in [0.1, 0.15) is 12.0 Å². The van der Waals surface area contributed by atoms with Gasteiger partial charge in [-0.2, -0.15) is 0 Å². The van der Waals surface area contributed by atoms with Crippen molar-refractivity contribution in [2.75, 3.05) is 20.7 Å². The van der Waals surface area contributed by atoms with Crippen LogP contribution in [-0.2, 0) is 16.1 Å². The molecule has 1 aromatic carbocycles. The minimum absolute atomic E-state index is 0.246. The van der Waals surface area contributed by atoms with Gasteiger partial charge in [-0.1, -0.05) is 6.07 Å². The first kappa shape index (κ1) is 13.6. The molecule has 0 fully saturated rings. The second kappa shape index (κ2) is 6.30. The van der Waals surface area contributed by atoms with E-state index in [2.05, 4.69) is 4.74 Å². The van der Waals surface area contributed by atoms with Gasteiger partial charge >= 0.3 is 5.97 Å². The first-order valence-electron chi connectivity index (χ1n) is 5.22. The minimum Gasteiger partial charge on any atom is -0.469 e. The van der Waals surface area contributed by atoms with E-state index in [4.69, 9.17) is 0 Å². The largest absolute Gasteiger partial charge is 0.469 e. The Morgan fingerprint density at radius 3 is 2.71 bits per heavy atom. The first-order chi connectivity index (χ1) is 8.02. The van der Waals surface area contributed by atoms with E-state index in [-0.39, 0.29) is 12.4 Å². The van der Waals surface area contributed by atoms with Crippen molar-refractivity contribution < 1.29 is 18.3 Å². The topological polar surface area (TPSA) is 29.5 Å². The standard InChI is InChI=1S/C12H15F2NO2/c1-15(6-5-12(16)17-2)8-9-3-4-10(13)7-11(9)14/h3-4,7H,5-6,8H2,1-2H3. The van der Waals surface area contributed by atoms with Gasteiger partial charge in [0, 0.05) is 24.7 Å². The first-order valence-corrected chi connectivity index (χ1v) is 5.22. The summed E-state index contributed by atoms with van der Waals surface area (Å²) in [5, 5.41) is 0. The van der Waals surface area contributed by atoms with Crippen LogP contribution in [0.2, 0.25) is 0 Å². The van der Waals surface area contributed by atoms with E-state index >= 15 is 0 Å². The average Bonchev–Trinajstić information content (AvgIpc) is 2.29. The molecule has 0 aliphatic heterocycles. The highest BCUT2D eigenvalue weighted by atomic mass is 19.1. The molecule has 5 heteroatoms. The minimum atomic E-state index is -0.594. The molecule has 17 heavy (non-hydrogen) atoms. The molecule has 0 saturated heterocycles. The van der Waals surface area contributed by atoms with Crippen LogP contribution >= 0.6 is 0 Å². The fourth-order valence-corrected chi connectivity index (χ4v) is 1.40. The normalized spacial score (nSPS) is 10.6. The number of carbonyl (C=O) groups is 1. The molecule has 94 valence electrons. The molecule has 0 aliphatic carbocycles. The molecular weight excluding hydrogens is 228 g/mol. The Morgan fingerprint density at radius 2 is 2.12 bits per heavy atom. The van der Waals surface area contributed by atoms with E-state index in [1.807, 2.05) is 0 Å². The Hall–Kier alpha value is -1.49. The Balaban J connectivity index is 2.50. The molecule has 0 N–H and O–H groups in total. The number of benzene rings is 1. The summed E-state index contributed by atoms with van der Waals surface area (Å²) in [6, 6.07) is 3.47. The maximum Gasteiger partial charge on any atom is 0.306 e. The maximum absolute atomic E-state index is 13.3. The second-order valence-corrected chi connectivity index (χ2v) is 3.80. The Labute approximate surface area is 99.0 Å². The number of hydrogen-bond acceptors (Lipinski definition) is 3. The molecule has 1 rings (SSSR count). The summed E-state index contributed by atoms with van der Waals surface area (Å²) < 4.78 is 30.5. The molecule has 0 amide bonds. The van der Waals surface area contributed by atoms with Crippen LogP contribution in [0.4, 0.5) is 8.78 Å². The van der Waals surface area contributed by atoms with E-state index < -0.39 is 11.6 Å². The van der Waals surface area contributed by atoms with Crippen LogP contribution in [0.3, 0.4) is 0 Å². The van der Waals surface area contributed by atoms with Gasteiger partial charge in [-0.05, 0) is 13.1 Å². The number of ether oxygens (including phenoxy) is 1. The van der Waals surface area contributed by atoms with E-state index in [1.165, 1.54) is 19.2 Å². The molecule has 1 aromatic rings. The lowest BCUT2D eigenvalue weighted by Crippen LogP contribution is -2.22. The zero-order valence-corrected chi connectivity index (χ0v) is 9.87. The van der Waals surface area contributed by atoms with Crippen molar-refractivity contribution >= 4 is 5.97 Å². The summed E-state index contributed by atoms with van der Waals surface area (Å²) in [5.74, 6) is -1.48. The zero-order valence-electron chi connectivity index (χ0n) is 9.87. The molecule has 0 spiro atoms. The number of halogens is 2. The Morgan fingerprint density at radius 1 is 1.41 bits per heavy atom. The van der Waals surface area contributed by atoms with Gasteiger partial charge in [-0.15, -0.1) is 0 Å². The van der Waals surface area contributed by atoms with E-state index in [9.17, 15) is 13.6 Å². The second-order valence-electron chi connectivity index (χ2n) is 3.80. The lowest BCUT2D eigenvalue weighted by Gasteiger charge is -2.16. The van der Waals surface area contributed by atoms with Gasteiger partial charge < -0.3 is 9.64 Å². The molecule has 0 atom stereocenters. The van der Waals surface area contributed by atoms with Gasteiger partial charge in [-0.3, -0.25) is 4.79 Å². The number of methoxy groups -OCH3 is 1. The van der Waals surface area contributed by atoms with Crippen molar-refractivity contribution in [3.63, 3.8) is 0 Å². The Bertz CT molecular complexity index is 396. The van der Waals surface area contributed by atoms with Crippen molar-refractivity contribution in [1.82, 2.24) is 4.90 Å². The smallest absolute Gasteiger partial charge is 0.306 e. The molecule has 0 aliphatic rings. The highest BCUT2D eigenvalue weighted by Gasteiger charge is 2.08. The SMILES string of the molecule is COC(=O)CCN(C)Cc1ccc(F)cc1F. The molecule has 0 aromatic heterocycles. The third-order valence-corrected chi connectivity index (χ3v) is 2.38. The number of rotatable bonds is 5. The van der Waals surface area contributed by atoms with E-state index in [1.54, 1.807) is 11.9 Å². The lowest BCUT2D eigenvalue weighted by molar-refractivity contribution is -0.140. The van der Waals surface area contributed by atoms with Crippen molar-refractivity contribution in [3.8, 4) is 0 Å². The highest BCUT2D eigenvalue weighted by molar-refractivity contribution is 5.69. The lowest BCUT2D eigenvalue weighted by atomic mass is 10.2. The van der Waals surface area contributed by atoms with Crippen LogP contribution in [0.15, 0.2) is 18.2 Å². The van der Waals surface area contributed by atoms with Crippen LogP contribution < -0.4 is 0 Å². The van der Waals surface area contributed by atoms with Gasteiger partial charge in [0.25, 0.3) is 0 Å². The van der Waals surface area contributed by atoms with Crippen molar-refractivity contribution in [1.29, 1.82) is 0 Å². The summed E-state index contributed by atoms with van der Waals surface area (Å²) in [6.45, 7) is 0.784. The van der Waals surface area contributed by atoms with Crippen LogP contribution in [0, 0.1) is 11.6 Å². The highest BCUT2D eigenvalue weighted by Crippen LogP contribution is 2.11. The fourth-order valence-electron chi connectivity index (χ4n) is 1.40. The van der Waals surface area contributed by atoms with Gasteiger partial charge in [0.05, 0.1) is 13.5 Å². The molecule has 0 unspecified atom stereocenters. The third-order valence-electron chi connectivity index (χ3n) is 2.38. The predicted octanol–water partition coefficient (Wildman–Crippen LogP) is 1.96. The quantitative estimate of drug-likeness (QED) is 0.740. The van der Waals surface area contributed by atoms with E-state index in [0.717, 1.165) is 6.07 Å². The monoisotopic (exact) mass is 243 g/mol. The van der Waals surface area contributed by atoms with Gasteiger partial charge in [0.15, 0.2) is 0 Å². The van der Waals surface area contributed by atoms with Gasteiger partial charge in [0.2, 0.25) is 0 Å². The van der Waals surface area contributed by atoms with Crippen molar-refractivity contribution in [2.45, 2.75) is 13.0 Å². The molecular formula is C12H15F2NO2. The number of hydrogen-bond donors (Lipinski definition) is 0. The summed E-state index contributed by atoms with van der Waals surface area (Å²) >= 11 is 0. The Kier molecular flexibility index (Phi) is 5.03. The maximum atomic E-state index is 13.3. The zero-order chi connectivity index (χ0) is 12.8. The number of nitrogens with zero attached hydrogens (tertiary/aromatic N) is 1. The summed E-state index contributed by atoms with van der Waals surface area (Å²) in [7, 11) is 3.08. The van der Waals surface area contributed by atoms with Crippen LogP contribution in [-0.4, -0.2) is 31.6 Å². The third kappa shape index (κ3) is 4.48. The van der Waals surface area contributed by atoms with Crippen LogP contribution in [0.25, 0.3) is 0 Å². The number of carbonyl (C=O) groups excluding carboxylic acids is 1. The predicted molar refractivity (Wildman–Crippen MR) is 59.3 cm³/mol. The molecule has 0 radical (unpaired) electrons. The fraction of sp³-hybridized carbons (Fsp3) is 0.417. The van der Waals surface area contributed by atoms with Crippen LogP contribution in [0.5, 0.6) is 0 Å². The van der Waals surface area contributed by atoms with E-state index in [0.29, 0.717) is 18.7 Å². The van der Waals surface area contributed by atoms with Crippen molar-refractivity contribution in [3.05, 3.63) is 35.4 Å².